The van der Waals surface area contributed by atoms with Gasteiger partial charge in [-0.1, -0.05) is 0 Å². The van der Waals surface area contributed by atoms with E-state index in [1.807, 2.05) is 0 Å². The zero-order valence-corrected chi connectivity index (χ0v) is 23.9. The van der Waals surface area contributed by atoms with Gasteiger partial charge in [0.15, 0.2) is 0 Å². The zero-order chi connectivity index (χ0) is 22.5. The number of halogens is 3. The first-order valence-corrected chi connectivity index (χ1v) is 19.8. The van der Waals surface area contributed by atoms with Gasteiger partial charge < -0.3 is 0 Å². The summed E-state index contributed by atoms with van der Waals surface area (Å²) < 4.78 is 56.8. The molecule has 0 radical (unpaired) electrons. The van der Waals surface area contributed by atoms with E-state index in [2.05, 4.69) is 30.9 Å². The fourth-order valence-electron chi connectivity index (χ4n) is 3.67. The molecule has 0 fully saturated rings. The van der Waals surface area contributed by atoms with Crippen molar-refractivity contribution in [1.29, 1.82) is 0 Å². The van der Waals surface area contributed by atoms with E-state index in [0.717, 1.165) is 12.1 Å². The fraction of sp³-hybridized carbons (Fsp3) is 0.652. The molecule has 30 heavy (non-hydrogen) atoms. The van der Waals surface area contributed by atoms with E-state index in [4.69, 9.17) is 9.16 Å². The van der Waals surface area contributed by atoms with Crippen LogP contribution in [0.25, 0.3) is 0 Å². The summed E-state index contributed by atoms with van der Waals surface area (Å²) in [6.07, 6.45) is 5.18. The van der Waals surface area contributed by atoms with Gasteiger partial charge in [-0.05, 0) is 0 Å². The zero-order valence-electron chi connectivity index (χ0n) is 19.1. The molecule has 7 heteroatoms. The third-order valence-electron chi connectivity index (χ3n) is 5.63. The third-order valence-corrected chi connectivity index (χ3v) is 20.4. The van der Waals surface area contributed by atoms with Gasteiger partial charge in [-0.2, -0.15) is 0 Å². The molecule has 0 aliphatic heterocycles. The predicted octanol–water partition coefficient (Wildman–Crippen LogP) is 6.69. The van der Waals surface area contributed by atoms with E-state index in [0.29, 0.717) is 10.5 Å². The van der Waals surface area contributed by atoms with Crippen molar-refractivity contribution >= 4 is 28.9 Å². The Hall–Kier alpha value is -0.474. The summed E-state index contributed by atoms with van der Waals surface area (Å²) in [5.74, 6) is 0.236. The van der Waals surface area contributed by atoms with Gasteiger partial charge in [-0.25, -0.2) is 0 Å². The van der Waals surface area contributed by atoms with E-state index >= 15 is 0 Å². The molecule has 0 spiro atoms. The van der Waals surface area contributed by atoms with Crippen molar-refractivity contribution in [2.45, 2.75) is 84.9 Å². The van der Waals surface area contributed by atoms with Gasteiger partial charge in [0, 0.05) is 0 Å². The summed E-state index contributed by atoms with van der Waals surface area (Å²) >= 11 is -2.40. The summed E-state index contributed by atoms with van der Waals surface area (Å²) in [6.45, 7) is 7.02. The molecular formula is C23H39F3O2SiSn. The molecule has 172 valence electrons. The molecule has 0 bridgehead atoms. The Labute approximate surface area is 188 Å². The van der Waals surface area contributed by atoms with Crippen molar-refractivity contribution in [3.8, 4) is 5.75 Å². The number of ether oxygens (including phenoxy) is 1. The molecule has 0 aliphatic carbocycles. The van der Waals surface area contributed by atoms with Gasteiger partial charge in [-0.15, -0.1) is 0 Å². The SMILES string of the molecule is CCC[CH2][Sn](/[CH]=C/C(COc1cccc(C(F)(F)F)c1)O[SiH3])([CH2]CCC)[CH2]CCC. The van der Waals surface area contributed by atoms with E-state index < -0.39 is 30.1 Å². The fourth-order valence-corrected chi connectivity index (χ4v) is 18.4. The van der Waals surface area contributed by atoms with Crippen LogP contribution in [0.4, 0.5) is 13.2 Å². The van der Waals surface area contributed by atoms with Crippen molar-refractivity contribution in [3.63, 3.8) is 0 Å². The van der Waals surface area contributed by atoms with Crippen LogP contribution in [0.15, 0.2) is 34.4 Å². The first kappa shape index (κ1) is 27.6. The van der Waals surface area contributed by atoms with Gasteiger partial charge >= 0.3 is 188 Å². The molecule has 1 atom stereocenters. The van der Waals surface area contributed by atoms with Crippen molar-refractivity contribution in [3.05, 3.63) is 40.0 Å². The van der Waals surface area contributed by atoms with Crippen LogP contribution in [0.5, 0.6) is 5.75 Å². The van der Waals surface area contributed by atoms with Gasteiger partial charge in [0.2, 0.25) is 0 Å². The molecule has 2 nitrogen and oxygen atoms in total. The van der Waals surface area contributed by atoms with Gasteiger partial charge in [-0.3, -0.25) is 0 Å². The van der Waals surface area contributed by atoms with Crippen LogP contribution in [-0.4, -0.2) is 41.6 Å². The van der Waals surface area contributed by atoms with E-state index in [-0.39, 0.29) is 18.5 Å². The molecule has 1 rings (SSSR count). The quantitative estimate of drug-likeness (QED) is 0.226. The first-order chi connectivity index (χ1) is 14.3. The maximum atomic E-state index is 12.9. The second-order valence-electron chi connectivity index (χ2n) is 8.14. The molecule has 0 aromatic heterocycles. The third kappa shape index (κ3) is 10.2. The van der Waals surface area contributed by atoms with Crippen molar-refractivity contribution in [2.24, 2.45) is 0 Å². The molecule has 1 aromatic rings. The Morgan fingerprint density at radius 2 is 1.57 bits per heavy atom. The van der Waals surface area contributed by atoms with Crippen LogP contribution in [0, 0.1) is 0 Å². The summed E-state index contributed by atoms with van der Waals surface area (Å²) in [4.78, 5) is 0. The first-order valence-electron chi connectivity index (χ1n) is 11.3. The number of alkyl halides is 3. The standard InChI is InChI=1S/C11H12F3O2Si.3C4H9.Sn/c1-2-9(16-17)7-15-10-5-3-4-8(6-10)11(12,13)14;3*1-3-4-2;/h1-6,9H,7H2,17H3;3*1,3-4H2,2H3;. The summed E-state index contributed by atoms with van der Waals surface area (Å²) in [5.41, 5.74) is -0.687. The summed E-state index contributed by atoms with van der Waals surface area (Å²) in [6, 6.07) is 5.06. The van der Waals surface area contributed by atoms with Gasteiger partial charge in [0.25, 0.3) is 0 Å². The monoisotopic (exact) mass is 552 g/mol. The number of hydrogen-bond donors (Lipinski definition) is 0. The number of benzene rings is 1. The van der Waals surface area contributed by atoms with Gasteiger partial charge in [0.05, 0.1) is 0 Å². The number of hydrogen-bond acceptors (Lipinski definition) is 2. The van der Waals surface area contributed by atoms with E-state index in [1.165, 1.54) is 57.9 Å². The van der Waals surface area contributed by atoms with Crippen molar-refractivity contribution in [1.82, 2.24) is 0 Å². The van der Waals surface area contributed by atoms with Crippen LogP contribution >= 0.6 is 0 Å². The molecule has 0 saturated heterocycles. The van der Waals surface area contributed by atoms with Crippen LogP contribution < -0.4 is 4.74 Å². The van der Waals surface area contributed by atoms with Crippen LogP contribution in [-0.2, 0) is 10.6 Å². The predicted molar refractivity (Wildman–Crippen MR) is 126 cm³/mol. The topological polar surface area (TPSA) is 18.5 Å². The molecule has 1 unspecified atom stereocenters. The Bertz CT molecular complexity index is 601. The number of rotatable bonds is 15. The van der Waals surface area contributed by atoms with Gasteiger partial charge in [0.1, 0.15) is 0 Å². The second-order valence-corrected chi connectivity index (χ2v) is 21.6. The molecule has 0 saturated carbocycles. The minimum atomic E-state index is -4.36. The Kier molecular flexibility index (Phi) is 13.4. The Morgan fingerprint density at radius 1 is 1.00 bits per heavy atom. The molecule has 0 amide bonds. The molecule has 0 aliphatic rings. The Balaban J connectivity index is 2.88. The molecule has 1 aromatic carbocycles. The van der Waals surface area contributed by atoms with E-state index in [9.17, 15) is 13.2 Å². The average Bonchev–Trinajstić information content (AvgIpc) is 2.74. The average molecular weight is 551 g/mol. The van der Waals surface area contributed by atoms with Crippen LogP contribution in [0.1, 0.15) is 64.9 Å². The molecular weight excluding hydrogens is 512 g/mol. The van der Waals surface area contributed by atoms with E-state index in [1.54, 1.807) is 6.07 Å². The number of unbranched alkanes of at least 4 members (excludes halogenated alkanes) is 3. The molecule has 0 N–H and O–H groups in total. The molecule has 0 heterocycles. The van der Waals surface area contributed by atoms with Crippen LogP contribution in [0.2, 0.25) is 13.3 Å². The van der Waals surface area contributed by atoms with Crippen molar-refractivity contribution < 1.29 is 22.3 Å². The van der Waals surface area contributed by atoms with Crippen molar-refractivity contribution in [2.75, 3.05) is 6.61 Å². The van der Waals surface area contributed by atoms with Crippen LogP contribution in [0.3, 0.4) is 0 Å². The summed E-state index contributed by atoms with van der Waals surface area (Å²) in [7, 11) is 0.562. The minimum absolute atomic E-state index is 0.188. The maximum absolute atomic E-state index is 12.9. The Morgan fingerprint density at radius 3 is 2.03 bits per heavy atom. The normalized spacial score (nSPS) is 13.8. The summed E-state index contributed by atoms with van der Waals surface area (Å²) in [5, 5.41) is 0. The second kappa shape index (κ2) is 14.6.